The van der Waals surface area contributed by atoms with Crippen LogP contribution in [0, 0.1) is 0 Å². The summed E-state index contributed by atoms with van der Waals surface area (Å²) in [6, 6.07) is 7.93. The first-order valence-electron chi connectivity index (χ1n) is 7.79. The quantitative estimate of drug-likeness (QED) is 0.685. The van der Waals surface area contributed by atoms with Crippen molar-refractivity contribution >= 4 is 33.4 Å². The molecule has 0 saturated carbocycles. The third-order valence-corrected chi connectivity index (χ3v) is 4.73. The minimum absolute atomic E-state index is 0.0757. The van der Waals surface area contributed by atoms with Crippen molar-refractivity contribution < 1.29 is 9.59 Å². The summed E-state index contributed by atoms with van der Waals surface area (Å²) in [5, 5.41) is 5.58. The van der Waals surface area contributed by atoms with E-state index in [9.17, 15) is 9.59 Å². The number of benzene rings is 1. The molecule has 0 aliphatic heterocycles. The Morgan fingerprint density at radius 2 is 1.77 bits per heavy atom. The molecule has 2 N–H and O–H groups in total. The molecule has 0 saturated heterocycles. The Hall–Kier alpha value is -1.36. The van der Waals surface area contributed by atoms with Gasteiger partial charge in [-0.15, -0.1) is 0 Å². The molecule has 2 unspecified atom stereocenters. The van der Waals surface area contributed by atoms with Crippen LogP contribution in [0.2, 0.25) is 0 Å². The van der Waals surface area contributed by atoms with E-state index < -0.39 is 0 Å². The van der Waals surface area contributed by atoms with E-state index >= 15 is 0 Å². The van der Waals surface area contributed by atoms with Crippen LogP contribution in [0.25, 0.3) is 0 Å². The average molecular weight is 369 g/mol. The highest BCUT2D eigenvalue weighted by atomic mass is 79.9. The van der Waals surface area contributed by atoms with Crippen molar-refractivity contribution in [2.45, 2.75) is 50.8 Å². The molecule has 1 aromatic carbocycles. The van der Waals surface area contributed by atoms with Crippen molar-refractivity contribution in [3.8, 4) is 0 Å². The van der Waals surface area contributed by atoms with Gasteiger partial charge in [-0.05, 0) is 36.5 Å². The van der Waals surface area contributed by atoms with Gasteiger partial charge in [0, 0.05) is 18.7 Å². The van der Waals surface area contributed by atoms with Crippen molar-refractivity contribution in [2.75, 3.05) is 11.9 Å². The Morgan fingerprint density at radius 1 is 1.14 bits per heavy atom. The van der Waals surface area contributed by atoms with Crippen LogP contribution in [0.3, 0.4) is 0 Å². The number of halogens is 1. The fourth-order valence-corrected chi connectivity index (χ4v) is 2.11. The number of carbonyl (C=O) groups excluding carboxylic acids is 2. The van der Waals surface area contributed by atoms with Gasteiger partial charge in [0.25, 0.3) is 0 Å². The number of amides is 2. The molecule has 122 valence electrons. The predicted octanol–water partition coefficient (Wildman–Crippen LogP) is 3.82. The van der Waals surface area contributed by atoms with Gasteiger partial charge in [-0.3, -0.25) is 9.59 Å². The summed E-state index contributed by atoms with van der Waals surface area (Å²) in [5.41, 5.74) is 2.06. The second kappa shape index (κ2) is 9.62. The summed E-state index contributed by atoms with van der Waals surface area (Å²) in [5.74, 6) is 0.350. The van der Waals surface area contributed by atoms with Crippen LogP contribution in [0.5, 0.6) is 0 Å². The van der Waals surface area contributed by atoms with Gasteiger partial charge < -0.3 is 10.6 Å². The normalized spacial score (nSPS) is 13.3. The first-order chi connectivity index (χ1) is 10.5. The molecule has 0 aromatic heterocycles. The molecule has 1 rings (SSSR count). The van der Waals surface area contributed by atoms with E-state index in [0.29, 0.717) is 12.5 Å². The van der Waals surface area contributed by atoms with Crippen molar-refractivity contribution in [3.05, 3.63) is 29.8 Å². The second-order valence-electron chi connectivity index (χ2n) is 5.40. The number of anilines is 1. The number of alkyl halides is 1. The topological polar surface area (TPSA) is 58.2 Å². The van der Waals surface area contributed by atoms with Crippen LogP contribution in [-0.4, -0.2) is 23.2 Å². The third-order valence-electron chi connectivity index (χ3n) is 3.67. The van der Waals surface area contributed by atoms with E-state index in [1.54, 1.807) is 0 Å². The van der Waals surface area contributed by atoms with Gasteiger partial charge in [-0.25, -0.2) is 0 Å². The Balaban J connectivity index is 2.37. The second-order valence-corrected chi connectivity index (χ2v) is 6.50. The molecule has 22 heavy (non-hydrogen) atoms. The maximum atomic E-state index is 11.8. The summed E-state index contributed by atoms with van der Waals surface area (Å²) in [6.07, 6.45) is 2.08. The third kappa shape index (κ3) is 6.18. The van der Waals surface area contributed by atoms with Gasteiger partial charge in [0.05, 0.1) is 4.83 Å². The summed E-state index contributed by atoms with van der Waals surface area (Å²) in [4.78, 5) is 23.2. The van der Waals surface area contributed by atoms with Crippen LogP contribution in [0.4, 0.5) is 5.69 Å². The molecular weight excluding hydrogens is 344 g/mol. The summed E-state index contributed by atoms with van der Waals surface area (Å²) < 4.78 is 0. The Labute approximate surface area is 141 Å². The maximum Gasteiger partial charge on any atom is 0.233 e. The highest BCUT2D eigenvalue weighted by Gasteiger charge is 2.12. The van der Waals surface area contributed by atoms with Crippen LogP contribution in [0.1, 0.15) is 51.5 Å². The Kier molecular flexibility index (Phi) is 8.17. The van der Waals surface area contributed by atoms with Crippen LogP contribution < -0.4 is 10.6 Å². The lowest BCUT2D eigenvalue weighted by atomic mass is 9.99. The highest BCUT2D eigenvalue weighted by Crippen LogP contribution is 2.20. The molecule has 0 fully saturated rings. The molecule has 2 amide bonds. The van der Waals surface area contributed by atoms with Crippen molar-refractivity contribution in [1.82, 2.24) is 5.32 Å². The van der Waals surface area contributed by atoms with E-state index in [1.807, 2.05) is 31.2 Å². The zero-order chi connectivity index (χ0) is 16.5. The van der Waals surface area contributed by atoms with Crippen LogP contribution >= 0.6 is 15.9 Å². The first-order valence-corrected chi connectivity index (χ1v) is 8.71. The monoisotopic (exact) mass is 368 g/mol. The predicted molar refractivity (Wildman–Crippen MR) is 94.4 cm³/mol. The zero-order valence-electron chi connectivity index (χ0n) is 13.5. The van der Waals surface area contributed by atoms with E-state index in [1.165, 1.54) is 5.56 Å². The lowest BCUT2D eigenvalue weighted by Gasteiger charge is -2.11. The van der Waals surface area contributed by atoms with Crippen LogP contribution in [0.15, 0.2) is 24.3 Å². The minimum atomic E-state index is -0.191. The molecule has 0 aliphatic carbocycles. The standard InChI is InChI=1S/C17H25BrN2O2/c1-4-12(3)13-6-8-14(9-7-13)20-16(21)10-11-19-17(22)15(18)5-2/h6-9,12,15H,4-5,10-11H2,1-3H3,(H,19,22)(H,20,21). The fraction of sp³-hybridized carbons (Fsp3) is 0.529. The molecule has 1 aromatic rings. The molecule has 2 atom stereocenters. The fourth-order valence-electron chi connectivity index (χ4n) is 1.95. The minimum Gasteiger partial charge on any atom is -0.355 e. The first kappa shape index (κ1) is 18.7. The molecule has 5 heteroatoms. The van der Waals surface area contributed by atoms with Gasteiger partial charge in [-0.2, -0.15) is 0 Å². The molecule has 4 nitrogen and oxygen atoms in total. The smallest absolute Gasteiger partial charge is 0.233 e. The van der Waals surface area contributed by atoms with Gasteiger partial charge in [-0.1, -0.05) is 48.8 Å². The summed E-state index contributed by atoms with van der Waals surface area (Å²) in [6.45, 7) is 6.61. The van der Waals surface area contributed by atoms with Gasteiger partial charge in [0.2, 0.25) is 11.8 Å². The largest absolute Gasteiger partial charge is 0.355 e. The number of carbonyl (C=O) groups is 2. The van der Waals surface area contributed by atoms with Crippen molar-refractivity contribution in [2.24, 2.45) is 0 Å². The van der Waals surface area contributed by atoms with Gasteiger partial charge >= 0.3 is 0 Å². The van der Waals surface area contributed by atoms with Crippen LogP contribution in [-0.2, 0) is 9.59 Å². The number of hydrogen-bond donors (Lipinski definition) is 2. The van der Waals surface area contributed by atoms with E-state index in [2.05, 4.69) is 40.4 Å². The zero-order valence-corrected chi connectivity index (χ0v) is 15.1. The summed E-state index contributed by atoms with van der Waals surface area (Å²) >= 11 is 3.27. The molecule has 0 aliphatic rings. The average Bonchev–Trinajstić information content (AvgIpc) is 2.53. The van der Waals surface area contributed by atoms with Gasteiger partial charge in [0.1, 0.15) is 0 Å². The lowest BCUT2D eigenvalue weighted by molar-refractivity contribution is -0.120. The SMILES string of the molecule is CCC(Br)C(=O)NCCC(=O)Nc1ccc(C(C)CC)cc1. The van der Waals surface area contributed by atoms with E-state index in [0.717, 1.165) is 18.5 Å². The molecular formula is C17H25BrN2O2. The number of nitrogens with one attached hydrogen (secondary N) is 2. The van der Waals surface area contributed by atoms with Gasteiger partial charge in [0.15, 0.2) is 0 Å². The summed E-state index contributed by atoms with van der Waals surface area (Å²) in [7, 11) is 0. The molecule has 0 bridgehead atoms. The molecule has 0 spiro atoms. The van der Waals surface area contributed by atoms with Crippen molar-refractivity contribution in [1.29, 1.82) is 0 Å². The Bertz CT molecular complexity index is 488. The lowest BCUT2D eigenvalue weighted by Crippen LogP contribution is -2.33. The number of hydrogen-bond acceptors (Lipinski definition) is 2. The number of rotatable bonds is 8. The van der Waals surface area contributed by atoms with Crippen molar-refractivity contribution in [3.63, 3.8) is 0 Å². The maximum absolute atomic E-state index is 11.8. The van der Waals surface area contributed by atoms with E-state index in [4.69, 9.17) is 0 Å². The Morgan fingerprint density at radius 3 is 2.32 bits per heavy atom. The molecule has 0 heterocycles. The molecule has 0 radical (unpaired) electrons. The highest BCUT2D eigenvalue weighted by molar-refractivity contribution is 9.10. The van der Waals surface area contributed by atoms with E-state index in [-0.39, 0.29) is 23.1 Å².